The predicted molar refractivity (Wildman–Crippen MR) is 64.9 cm³/mol. The molecule has 0 saturated heterocycles. The standard InChI is InChI=1S/C13H15NO3/c1-2-11-10(7-14-8-13(15)16)9-5-3-4-6-12(9)17-11/h3-6,14H,2,7-8H2,1H3,(H,15,16). The Morgan fingerprint density at radius 3 is 2.88 bits per heavy atom. The minimum absolute atomic E-state index is 0.0390. The number of hydrogen-bond acceptors (Lipinski definition) is 3. The van der Waals surface area contributed by atoms with E-state index < -0.39 is 5.97 Å². The van der Waals surface area contributed by atoms with E-state index in [9.17, 15) is 4.79 Å². The second-order valence-electron chi connectivity index (χ2n) is 3.85. The summed E-state index contributed by atoms with van der Waals surface area (Å²) < 4.78 is 5.72. The zero-order chi connectivity index (χ0) is 12.3. The van der Waals surface area contributed by atoms with E-state index in [0.29, 0.717) is 6.54 Å². The van der Waals surface area contributed by atoms with Crippen LogP contribution in [0.25, 0.3) is 11.0 Å². The summed E-state index contributed by atoms with van der Waals surface area (Å²) in [7, 11) is 0. The summed E-state index contributed by atoms with van der Waals surface area (Å²) in [6, 6.07) is 7.81. The van der Waals surface area contributed by atoms with Crippen molar-refractivity contribution < 1.29 is 14.3 Å². The molecule has 0 spiro atoms. The van der Waals surface area contributed by atoms with Crippen molar-refractivity contribution >= 4 is 16.9 Å². The van der Waals surface area contributed by atoms with Gasteiger partial charge in [-0.3, -0.25) is 4.79 Å². The van der Waals surface area contributed by atoms with E-state index in [-0.39, 0.29) is 6.54 Å². The largest absolute Gasteiger partial charge is 0.480 e. The molecule has 4 heteroatoms. The van der Waals surface area contributed by atoms with Gasteiger partial charge in [-0.2, -0.15) is 0 Å². The average molecular weight is 233 g/mol. The van der Waals surface area contributed by atoms with Crippen LogP contribution in [0, 0.1) is 0 Å². The van der Waals surface area contributed by atoms with Gasteiger partial charge in [0.2, 0.25) is 0 Å². The van der Waals surface area contributed by atoms with Crippen molar-refractivity contribution in [3.8, 4) is 0 Å². The van der Waals surface area contributed by atoms with Crippen molar-refractivity contribution in [2.45, 2.75) is 19.9 Å². The van der Waals surface area contributed by atoms with Crippen LogP contribution in [0.5, 0.6) is 0 Å². The number of nitrogens with one attached hydrogen (secondary N) is 1. The summed E-state index contributed by atoms with van der Waals surface area (Å²) in [5.41, 5.74) is 1.92. The Balaban J connectivity index is 2.27. The van der Waals surface area contributed by atoms with Crippen molar-refractivity contribution in [2.24, 2.45) is 0 Å². The van der Waals surface area contributed by atoms with Gasteiger partial charge in [0.05, 0.1) is 6.54 Å². The van der Waals surface area contributed by atoms with Crippen LogP contribution >= 0.6 is 0 Å². The van der Waals surface area contributed by atoms with E-state index in [0.717, 1.165) is 28.7 Å². The minimum atomic E-state index is -0.851. The SMILES string of the molecule is CCc1oc2ccccc2c1CNCC(=O)O. The molecule has 1 aromatic carbocycles. The van der Waals surface area contributed by atoms with Crippen molar-refractivity contribution in [3.05, 3.63) is 35.6 Å². The number of carboxylic acid groups (broad SMARTS) is 1. The zero-order valence-corrected chi connectivity index (χ0v) is 9.69. The number of benzene rings is 1. The van der Waals surface area contributed by atoms with Gasteiger partial charge in [-0.25, -0.2) is 0 Å². The minimum Gasteiger partial charge on any atom is -0.480 e. The first-order valence-corrected chi connectivity index (χ1v) is 5.64. The predicted octanol–water partition coefficient (Wildman–Crippen LogP) is 2.17. The molecule has 4 nitrogen and oxygen atoms in total. The number of furan rings is 1. The van der Waals surface area contributed by atoms with Gasteiger partial charge in [-0.05, 0) is 6.07 Å². The molecule has 2 N–H and O–H groups in total. The molecule has 2 aromatic rings. The Morgan fingerprint density at radius 2 is 2.18 bits per heavy atom. The maximum absolute atomic E-state index is 10.5. The first-order chi connectivity index (χ1) is 8.22. The van der Waals surface area contributed by atoms with Gasteiger partial charge in [0.25, 0.3) is 0 Å². The van der Waals surface area contributed by atoms with Gasteiger partial charge in [0, 0.05) is 23.9 Å². The number of rotatable bonds is 5. The Kier molecular flexibility index (Phi) is 3.44. The molecule has 0 unspecified atom stereocenters. The van der Waals surface area contributed by atoms with Gasteiger partial charge < -0.3 is 14.8 Å². The molecule has 0 fully saturated rings. The lowest BCUT2D eigenvalue weighted by Gasteiger charge is -2.02. The first-order valence-electron chi connectivity index (χ1n) is 5.64. The molecule has 1 heterocycles. The topological polar surface area (TPSA) is 62.5 Å². The van der Waals surface area contributed by atoms with Gasteiger partial charge in [0.15, 0.2) is 0 Å². The number of aliphatic carboxylic acids is 1. The molecular weight excluding hydrogens is 218 g/mol. The molecule has 1 aromatic heterocycles. The molecule has 0 aliphatic rings. The van der Waals surface area contributed by atoms with Crippen LogP contribution < -0.4 is 5.32 Å². The van der Waals surface area contributed by atoms with E-state index in [1.54, 1.807) is 0 Å². The van der Waals surface area contributed by atoms with E-state index in [4.69, 9.17) is 9.52 Å². The third-order valence-electron chi connectivity index (χ3n) is 2.68. The number of aryl methyl sites for hydroxylation is 1. The molecule has 0 amide bonds. The fourth-order valence-electron chi connectivity index (χ4n) is 1.92. The summed E-state index contributed by atoms with van der Waals surface area (Å²) in [5.74, 6) is 0.0694. The highest BCUT2D eigenvalue weighted by Gasteiger charge is 2.11. The van der Waals surface area contributed by atoms with Crippen LogP contribution in [0.1, 0.15) is 18.2 Å². The molecule has 0 radical (unpaired) electrons. The van der Waals surface area contributed by atoms with Gasteiger partial charge in [0.1, 0.15) is 11.3 Å². The van der Waals surface area contributed by atoms with Crippen molar-refractivity contribution in [3.63, 3.8) is 0 Å². The molecule has 0 aliphatic heterocycles. The summed E-state index contributed by atoms with van der Waals surface area (Å²) in [4.78, 5) is 10.5. The van der Waals surface area contributed by atoms with Gasteiger partial charge in [-0.1, -0.05) is 25.1 Å². The third kappa shape index (κ3) is 2.47. The maximum Gasteiger partial charge on any atom is 0.317 e. The van der Waals surface area contributed by atoms with Crippen molar-refractivity contribution in [1.29, 1.82) is 0 Å². The van der Waals surface area contributed by atoms with Gasteiger partial charge >= 0.3 is 5.97 Å². The highest BCUT2D eigenvalue weighted by Crippen LogP contribution is 2.25. The van der Waals surface area contributed by atoms with E-state index in [1.165, 1.54) is 0 Å². The smallest absolute Gasteiger partial charge is 0.317 e. The molecule has 2 rings (SSSR count). The lowest BCUT2D eigenvalue weighted by molar-refractivity contribution is -0.135. The number of carbonyl (C=O) groups is 1. The molecule has 0 bridgehead atoms. The van der Waals surface area contributed by atoms with E-state index in [1.807, 2.05) is 31.2 Å². The quantitative estimate of drug-likeness (QED) is 0.830. The molecule has 90 valence electrons. The number of carboxylic acids is 1. The van der Waals surface area contributed by atoms with Crippen molar-refractivity contribution in [2.75, 3.05) is 6.54 Å². The number of para-hydroxylation sites is 1. The summed E-state index contributed by atoms with van der Waals surface area (Å²) in [6.07, 6.45) is 0.804. The molecule has 0 atom stereocenters. The molecule has 17 heavy (non-hydrogen) atoms. The number of hydrogen-bond donors (Lipinski definition) is 2. The second-order valence-corrected chi connectivity index (χ2v) is 3.85. The van der Waals surface area contributed by atoms with Crippen LogP contribution in [-0.2, 0) is 17.8 Å². The zero-order valence-electron chi connectivity index (χ0n) is 9.69. The number of fused-ring (bicyclic) bond motifs is 1. The van der Waals surface area contributed by atoms with E-state index in [2.05, 4.69) is 5.32 Å². The van der Waals surface area contributed by atoms with E-state index >= 15 is 0 Å². The van der Waals surface area contributed by atoms with Crippen LogP contribution in [0.3, 0.4) is 0 Å². The summed E-state index contributed by atoms with van der Waals surface area (Å²) >= 11 is 0. The van der Waals surface area contributed by atoms with Crippen LogP contribution in [-0.4, -0.2) is 17.6 Å². The lowest BCUT2D eigenvalue weighted by Crippen LogP contribution is -2.22. The first kappa shape index (κ1) is 11.7. The Hall–Kier alpha value is -1.81. The lowest BCUT2D eigenvalue weighted by atomic mass is 10.1. The Morgan fingerprint density at radius 1 is 1.41 bits per heavy atom. The fraction of sp³-hybridized carbons (Fsp3) is 0.308. The summed E-state index contributed by atoms with van der Waals surface area (Å²) in [6.45, 7) is 2.51. The fourth-order valence-corrected chi connectivity index (χ4v) is 1.92. The van der Waals surface area contributed by atoms with Crippen LogP contribution in [0.4, 0.5) is 0 Å². The Labute approximate surface area is 99.2 Å². The highest BCUT2D eigenvalue weighted by molar-refractivity contribution is 5.82. The summed E-state index contributed by atoms with van der Waals surface area (Å²) in [5, 5.41) is 12.5. The third-order valence-corrected chi connectivity index (χ3v) is 2.68. The highest BCUT2D eigenvalue weighted by atomic mass is 16.4. The second kappa shape index (κ2) is 5.01. The van der Waals surface area contributed by atoms with Crippen LogP contribution in [0.2, 0.25) is 0 Å². The van der Waals surface area contributed by atoms with Gasteiger partial charge in [-0.15, -0.1) is 0 Å². The monoisotopic (exact) mass is 233 g/mol. The molecule has 0 aliphatic carbocycles. The molecule has 0 saturated carbocycles. The van der Waals surface area contributed by atoms with Crippen LogP contribution in [0.15, 0.2) is 28.7 Å². The Bertz CT molecular complexity index is 530. The van der Waals surface area contributed by atoms with Crippen molar-refractivity contribution in [1.82, 2.24) is 5.32 Å². The molecular formula is C13H15NO3. The normalized spacial score (nSPS) is 10.9. The maximum atomic E-state index is 10.5. The average Bonchev–Trinajstić information content (AvgIpc) is 2.67.